The molecule has 0 spiro atoms. The molecular weight excluding hydrogens is 274 g/mol. The fourth-order valence-corrected chi connectivity index (χ4v) is 4.79. The largest absolute Gasteiger partial charge is 0.311 e. The lowest BCUT2D eigenvalue weighted by atomic mass is 9.94. The summed E-state index contributed by atoms with van der Waals surface area (Å²) < 4.78 is 12.3. The van der Waals surface area contributed by atoms with Crippen molar-refractivity contribution in [3.8, 4) is 0 Å². The van der Waals surface area contributed by atoms with Gasteiger partial charge in [-0.3, -0.25) is 4.21 Å². The Hall–Kier alpha value is 0.460. The van der Waals surface area contributed by atoms with Gasteiger partial charge in [-0.1, -0.05) is 34.1 Å². The second kappa shape index (κ2) is 8.04. The summed E-state index contributed by atoms with van der Waals surface area (Å²) in [6.45, 7) is 11.1. The first-order valence-electron chi connectivity index (χ1n) is 7.59. The van der Waals surface area contributed by atoms with E-state index < -0.39 is 10.8 Å². The highest BCUT2D eigenvalue weighted by Gasteiger charge is 2.26. The smallest absolute Gasteiger partial charge is 0.0362 e. The van der Waals surface area contributed by atoms with E-state index in [0.717, 1.165) is 24.3 Å². The van der Waals surface area contributed by atoms with Crippen LogP contribution in [0.1, 0.15) is 60.3 Å². The molecule has 0 aromatic heterocycles. The zero-order chi connectivity index (χ0) is 14.5. The molecule has 19 heavy (non-hydrogen) atoms. The van der Waals surface area contributed by atoms with E-state index in [-0.39, 0.29) is 0 Å². The Morgan fingerprint density at radius 2 is 2.05 bits per heavy atom. The molecule has 1 saturated carbocycles. The van der Waals surface area contributed by atoms with Crippen molar-refractivity contribution in [1.82, 2.24) is 5.32 Å². The third kappa shape index (κ3) is 7.14. The predicted molar refractivity (Wildman–Crippen MR) is 89.5 cm³/mol. The van der Waals surface area contributed by atoms with Crippen LogP contribution in [0.25, 0.3) is 0 Å². The third-order valence-corrected chi connectivity index (χ3v) is 6.84. The van der Waals surface area contributed by atoms with Gasteiger partial charge in [0.15, 0.2) is 0 Å². The lowest BCUT2D eigenvalue weighted by Crippen LogP contribution is -2.43. The second-order valence-corrected chi connectivity index (χ2v) is 10.5. The Balaban J connectivity index is 2.33. The van der Waals surface area contributed by atoms with Crippen LogP contribution in [0.15, 0.2) is 0 Å². The van der Waals surface area contributed by atoms with Gasteiger partial charge in [-0.25, -0.2) is 0 Å². The number of thioether (sulfide) groups is 1. The van der Waals surface area contributed by atoms with Crippen LogP contribution in [0.5, 0.6) is 0 Å². The van der Waals surface area contributed by atoms with Crippen molar-refractivity contribution in [2.75, 3.05) is 11.5 Å². The zero-order valence-corrected chi connectivity index (χ0v) is 14.8. The van der Waals surface area contributed by atoms with Crippen LogP contribution in [-0.2, 0) is 10.8 Å². The van der Waals surface area contributed by atoms with E-state index >= 15 is 0 Å². The van der Waals surface area contributed by atoms with Crippen LogP contribution < -0.4 is 5.32 Å². The maximum Gasteiger partial charge on any atom is 0.0362 e. The van der Waals surface area contributed by atoms with E-state index in [0.29, 0.717) is 22.1 Å². The Labute approximate surface area is 126 Å². The molecule has 1 aliphatic rings. The maximum absolute atomic E-state index is 11.9. The molecule has 0 unspecified atom stereocenters. The van der Waals surface area contributed by atoms with Gasteiger partial charge in [0, 0.05) is 44.4 Å². The van der Waals surface area contributed by atoms with E-state index in [2.05, 4.69) is 33.0 Å². The van der Waals surface area contributed by atoms with Gasteiger partial charge in [0.1, 0.15) is 0 Å². The number of nitrogens with one attached hydrogen (secondary N) is 1. The van der Waals surface area contributed by atoms with Crippen molar-refractivity contribution in [3.63, 3.8) is 0 Å². The molecule has 0 bridgehead atoms. The SMILES string of the molecule is CC[S@@](=O)[C@@H]1CCC[C@H](N[C@H](C)CSC(C)(C)C)C1. The van der Waals surface area contributed by atoms with Crippen molar-refractivity contribution in [1.29, 1.82) is 0 Å². The standard InChI is InChI=1S/C15H31NOS2/c1-6-19(17)14-9-7-8-13(10-14)16-12(2)11-18-15(3,4)5/h12-14,16H,6-11H2,1-5H3/t12-,13+,14-,19-/m1/s1. The Morgan fingerprint density at radius 1 is 1.37 bits per heavy atom. The highest BCUT2D eigenvalue weighted by molar-refractivity contribution is 8.00. The molecule has 1 rings (SSSR count). The monoisotopic (exact) mass is 305 g/mol. The molecule has 4 heteroatoms. The Kier molecular flexibility index (Phi) is 7.41. The van der Waals surface area contributed by atoms with Gasteiger partial charge in [-0.2, -0.15) is 11.8 Å². The highest BCUT2D eigenvalue weighted by Crippen LogP contribution is 2.26. The van der Waals surface area contributed by atoms with Crippen molar-refractivity contribution in [2.24, 2.45) is 0 Å². The molecule has 0 aliphatic heterocycles. The van der Waals surface area contributed by atoms with Crippen LogP contribution in [0.4, 0.5) is 0 Å². The van der Waals surface area contributed by atoms with Gasteiger partial charge >= 0.3 is 0 Å². The Morgan fingerprint density at radius 3 is 2.63 bits per heavy atom. The average Bonchev–Trinajstić information content (AvgIpc) is 2.35. The van der Waals surface area contributed by atoms with E-state index in [9.17, 15) is 4.21 Å². The fraction of sp³-hybridized carbons (Fsp3) is 1.00. The van der Waals surface area contributed by atoms with E-state index in [1.165, 1.54) is 12.8 Å². The molecule has 1 aliphatic carbocycles. The summed E-state index contributed by atoms with van der Waals surface area (Å²) in [6.07, 6.45) is 4.74. The second-order valence-electron chi connectivity index (χ2n) is 6.65. The van der Waals surface area contributed by atoms with Gasteiger partial charge < -0.3 is 5.32 Å². The summed E-state index contributed by atoms with van der Waals surface area (Å²) in [4.78, 5) is 0. The Bertz CT molecular complexity index is 288. The minimum Gasteiger partial charge on any atom is -0.311 e. The summed E-state index contributed by atoms with van der Waals surface area (Å²) >= 11 is 2.02. The van der Waals surface area contributed by atoms with Gasteiger partial charge in [0.25, 0.3) is 0 Å². The zero-order valence-electron chi connectivity index (χ0n) is 13.2. The molecule has 0 radical (unpaired) electrons. The van der Waals surface area contributed by atoms with Gasteiger partial charge in [0.05, 0.1) is 0 Å². The molecular formula is C15H31NOS2. The topological polar surface area (TPSA) is 29.1 Å². The summed E-state index contributed by atoms with van der Waals surface area (Å²) in [5.41, 5.74) is 0. The summed E-state index contributed by atoms with van der Waals surface area (Å²) in [5.74, 6) is 1.97. The van der Waals surface area contributed by atoms with Gasteiger partial charge in [-0.15, -0.1) is 0 Å². The molecule has 1 fully saturated rings. The van der Waals surface area contributed by atoms with Crippen molar-refractivity contribution in [2.45, 2.75) is 82.4 Å². The minimum atomic E-state index is -0.612. The summed E-state index contributed by atoms with van der Waals surface area (Å²) in [6, 6.07) is 1.12. The first-order chi connectivity index (χ1) is 8.81. The molecule has 0 aromatic rings. The molecule has 0 saturated heterocycles. The van der Waals surface area contributed by atoms with Crippen molar-refractivity contribution < 1.29 is 4.21 Å². The van der Waals surface area contributed by atoms with E-state index in [1.54, 1.807) is 0 Å². The lowest BCUT2D eigenvalue weighted by molar-refractivity contribution is 0.357. The minimum absolute atomic E-state index is 0.342. The van der Waals surface area contributed by atoms with E-state index in [1.807, 2.05) is 18.7 Å². The molecule has 2 nitrogen and oxygen atoms in total. The van der Waals surface area contributed by atoms with Crippen LogP contribution in [0, 0.1) is 0 Å². The van der Waals surface area contributed by atoms with Gasteiger partial charge in [0.2, 0.25) is 0 Å². The van der Waals surface area contributed by atoms with Gasteiger partial charge in [-0.05, 0) is 26.2 Å². The average molecular weight is 306 g/mol. The highest BCUT2D eigenvalue weighted by atomic mass is 32.2. The summed E-state index contributed by atoms with van der Waals surface area (Å²) in [7, 11) is -0.612. The van der Waals surface area contributed by atoms with Crippen LogP contribution in [0.2, 0.25) is 0 Å². The summed E-state index contributed by atoms with van der Waals surface area (Å²) in [5, 5.41) is 4.17. The lowest BCUT2D eigenvalue weighted by Gasteiger charge is -2.32. The molecule has 1 N–H and O–H groups in total. The predicted octanol–water partition coefficient (Wildman–Crippen LogP) is 3.58. The van der Waals surface area contributed by atoms with Crippen molar-refractivity contribution in [3.05, 3.63) is 0 Å². The third-order valence-electron chi connectivity index (χ3n) is 3.57. The van der Waals surface area contributed by atoms with Crippen LogP contribution in [0.3, 0.4) is 0 Å². The molecule has 0 aromatic carbocycles. The molecule has 0 amide bonds. The van der Waals surface area contributed by atoms with Crippen molar-refractivity contribution >= 4 is 22.6 Å². The maximum atomic E-state index is 11.9. The molecule has 0 heterocycles. The number of hydrogen-bond donors (Lipinski definition) is 1. The van der Waals surface area contributed by atoms with Crippen LogP contribution >= 0.6 is 11.8 Å². The first kappa shape index (κ1) is 17.5. The number of hydrogen-bond acceptors (Lipinski definition) is 3. The number of rotatable bonds is 6. The fourth-order valence-electron chi connectivity index (χ4n) is 2.60. The first-order valence-corrected chi connectivity index (χ1v) is 9.95. The van der Waals surface area contributed by atoms with Crippen LogP contribution in [-0.4, -0.2) is 37.8 Å². The normalized spacial score (nSPS) is 28.1. The molecule has 4 atom stereocenters. The van der Waals surface area contributed by atoms with E-state index in [4.69, 9.17) is 0 Å². The molecule has 114 valence electrons. The quantitative estimate of drug-likeness (QED) is 0.813.